The van der Waals surface area contributed by atoms with Crippen molar-refractivity contribution < 1.29 is 4.74 Å². The van der Waals surface area contributed by atoms with Crippen molar-refractivity contribution in [1.82, 2.24) is 4.98 Å². The summed E-state index contributed by atoms with van der Waals surface area (Å²) in [6, 6.07) is 6.09. The Morgan fingerprint density at radius 3 is 2.76 bits per heavy atom. The van der Waals surface area contributed by atoms with E-state index in [1.54, 1.807) is 7.11 Å². The molecule has 2 aromatic rings. The topological polar surface area (TPSA) is 34.1 Å². The molecule has 0 atom stereocenters. The van der Waals surface area contributed by atoms with Gasteiger partial charge in [0.25, 0.3) is 0 Å². The number of hydrogen-bond donors (Lipinski definition) is 1. The van der Waals surface area contributed by atoms with Crippen LogP contribution in [0.5, 0.6) is 5.75 Å². The van der Waals surface area contributed by atoms with Gasteiger partial charge in [-0.15, -0.1) is 11.6 Å². The van der Waals surface area contributed by atoms with Crippen LogP contribution in [0.4, 0.5) is 5.69 Å². The molecule has 0 amide bonds. The van der Waals surface area contributed by atoms with Crippen LogP contribution >= 0.6 is 11.6 Å². The molecule has 4 heteroatoms. The third kappa shape index (κ3) is 4.24. The van der Waals surface area contributed by atoms with Gasteiger partial charge in [-0.2, -0.15) is 0 Å². The van der Waals surface area contributed by atoms with E-state index in [2.05, 4.69) is 17.2 Å². The number of alkyl halides is 1. The fourth-order valence-corrected chi connectivity index (χ4v) is 2.60. The van der Waals surface area contributed by atoms with E-state index in [0.717, 1.165) is 47.6 Å². The monoisotopic (exact) mass is 306 g/mol. The van der Waals surface area contributed by atoms with E-state index < -0.39 is 0 Å². The van der Waals surface area contributed by atoms with Crippen LogP contribution < -0.4 is 10.1 Å². The number of ether oxygens (including phenoxy) is 1. The van der Waals surface area contributed by atoms with Crippen molar-refractivity contribution in [2.75, 3.05) is 24.9 Å². The van der Waals surface area contributed by atoms with Crippen LogP contribution in [0.25, 0.3) is 10.9 Å². The van der Waals surface area contributed by atoms with E-state index in [1.165, 1.54) is 18.4 Å². The summed E-state index contributed by atoms with van der Waals surface area (Å²) in [6.07, 6.45) is 6.50. The molecular formula is C17H23ClN2O. The smallest absolute Gasteiger partial charge is 0.121 e. The van der Waals surface area contributed by atoms with E-state index in [1.807, 2.05) is 24.4 Å². The fourth-order valence-electron chi connectivity index (χ4n) is 2.41. The van der Waals surface area contributed by atoms with Crippen LogP contribution in [0, 0.1) is 6.92 Å². The Kier molecular flexibility index (Phi) is 6.12. The molecule has 0 unspecified atom stereocenters. The summed E-state index contributed by atoms with van der Waals surface area (Å²) in [5, 5.41) is 4.63. The molecule has 114 valence electrons. The standard InChI is InChI=1S/C17H23ClN2O/c1-13-7-10-20-17-15(13)11-14(21-2)12-16(17)19-9-6-4-3-5-8-18/h7,10-12,19H,3-6,8-9H2,1-2H3. The lowest BCUT2D eigenvalue weighted by Gasteiger charge is -2.12. The highest BCUT2D eigenvalue weighted by molar-refractivity contribution is 6.17. The maximum atomic E-state index is 5.69. The van der Waals surface area contributed by atoms with Gasteiger partial charge in [-0.05, 0) is 37.5 Å². The van der Waals surface area contributed by atoms with Gasteiger partial charge in [0.1, 0.15) is 5.75 Å². The second kappa shape index (κ2) is 8.08. The van der Waals surface area contributed by atoms with Crippen LogP contribution in [0.2, 0.25) is 0 Å². The third-order valence-corrected chi connectivity index (χ3v) is 3.92. The number of rotatable bonds is 8. The molecule has 21 heavy (non-hydrogen) atoms. The summed E-state index contributed by atoms with van der Waals surface area (Å²) in [4.78, 5) is 4.51. The molecule has 0 aliphatic heterocycles. The van der Waals surface area contributed by atoms with Crippen LogP contribution in [0.1, 0.15) is 31.2 Å². The fraction of sp³-hybridized carbons (Fsp3) is 0.471. The van der Waals surface area contributed by atoms with E-state index in [0.29, 0.717) is 0 Å². The van der Waals surface area contributed by atoms with Crippen LogP contribution in [0.3, 0.4) is 0 Å². The molecule has 0 saturated carbocycles. The van der Waals surface area contributed by atoms with Gasteiger partial charge in [0.2, 0.25) is 0 Å². The van der Waals surface area contributed by atoms with Gasteiger partial charge in [-0.1, -0.05) is 12.8 Å². The summed E-state index contributed by atoms with van der Waals surface area (Å²) >= 11 is 5.69. The zero-order chi connectivity index (χ0) is 15.1. The Bertz CT molecular complexity index is 586. The molecule has 3 nitrogen and oxygen atoms in total. The molecule has 1 heterocycles. The number of aryl methyl sites for hydroxylation is 1. The van der Waals surface area contributed by atoms with Crippen LogP contribution in [-0.4, -0.2) is 24.5 Å². The van der Waals surface area contributed by atoms with Gasteiger partial charge in [0, 0.05) is 30.1 Å². The molecule has 1 aromatic carbocycles. The molecule has 0 aliphatic carbocycles. The Morgan fingerprint density at radius 1 is 1.19 bits per heavy atom. The summed E-state index contributed by atoms with van der Waals surface area (Å²) < 4.78 is 5.39. The Hall–Kier alpha value is -1.48. The molecule has 0 saturated heterocycles. The summed E-state index contributed by atoms with van der Waals surface area (Å²) in [5.41, 5.74) is 3.27. The normalized spacial score (nSPS) is 10.8. The maximum Gasteiger partial charge on any atom is 0.121 e. The van der Waals surface area contributed by atoms with Crippen molar-refractivity contribution in [2.45, 2.75) is 32.6 Å². The van der Waals surface area contributed by atoms with E-state index >= 15 is 0 Å². The van der Waals surface area contributed by atoms with E-state index in [9.17, 15) is 0 Å². The number of nitrogens with zero attached hydrogens (tertiary/aromatic N) is 1. The van der Waals surface area contributed by atoms with E-state index in [-0.39, 0.29) is 0 Å². The molecule has 1 aromatic heterocycles. The minimum atomic E-state index is 0.761. The summed E-state index contributed by atoms with van der Waals surface area (Å²) in [5.74, 6) is 1.63. The molecule has 0 radical (unpaired) electrons. The largest absolute Gasteiger partial charge is 0.497 e. The lowest BCUT2D eigenvalue weighted by atomic mass is 10.1. The van der Waals surface area contributed by atoms with Crippen molar-refractivity contribution in [2.24, 2.45) is 0 Å². The number of benzene rings is 1. The highest BCUT2D eigenvalue weighted by atomic mass is 35.5. The molecular weight excluding hydrogens is 284 g/mol. The first-order valence-electron chi connectivity index (χ1n) is 7.49. The second-order valence-corrected chi connectivity index (χ2v) is 5.61. The van der Waals surface area contributed by atoms with Crippen molar-refractivity contribution in [3.05, 3.63) is 30.0 Å². The predicted molar refractivity (Wildman–Crippen MR) is 90.7 cm³/mol. The number of nitrogens with one attached hydrogen (secondary N) is 1. The van der Waals surface area contributed by atoms with Crippen LogP contribution in [0.15, 0.2) is 24.4 Å². The number of unbranched alkanes of at least 4 members (excludes halogenated alkanes) is 3. The number of hydrogen-bond acceptors (Lipinski definition) is 3. The average Bonchev–Trinajstić information content (AvgIpc) is 2.51. The first-order chi connectivity index (χ1) is 10.3. The number of pyridine rings is 1. The Labute approximate surface area is 131 Å². The zero-order valence-electron chi connectivity index (χ0n) is 12.8. The number of anilines is 1. The Balaban J connectivity index is 2.09. The van der Waals surface area contributed by atoms with Crippen molar-refractivity contribution in [1.29, 1.82) is 0 Å². The minimum Gasteiger partial charge on any atom is -0.497 e. The summed E-state index contributed by atoms with van der Waals surface area (Å²) in [6.45, 7) is 3.04. The van der Waals surface area contributed by atoms with Crippen LogP contribution in [-0.2, 0) is 0 Å². The zero-order valence-corrected chi connectivity index (χ0v) is 13.5. The highest BCUT2D eigenvalue weighted by Crippen LogP contribution is 2.29. The molecule has 0 aliphatic rings. The predicted octanol–water partition coefficient (Wildman–Crippen LogP) is 4.76. The van der Waals surface area contributed by atoms with Gasteiger partial charge < -0.3 is 10.1 Å². The maximum absolute atomic E-state index is 5.69. The first kappa shape index (κ1) is 15.9. The summed E-state index contributed by atoms with van der Waals surface area (Å²) in [7, 11) is 1.70. The van der Waals surface area contributed by atoms with Gasteiger partial charge >= 0.3 is 0 Å². The van der Waals surface area contributed by atoms with E-state index in [4.69, 9.17) is 16.3 Å². The van der Waals surface area contributed by atoms with Gasteiger partial charge in [-0.3, -0.25) is 4.98 Å². The SMILES string of the molecule is COc1cc(NCCCCCCCl)c2nccc(C)c2c1. The quantitative estimate of drug-likeness (QED) is 0.564. The number of halogens is 1. The molecule has 0 spiro atoms. The number of methoxy groups -OCH3 is 1. The Morgan fingerprint density at radius 2 is 2.00 bits per heavy atom. The van der Waals surface area contributed by atoms with Gasteiger partial charge in [-0.25, -0.2) is 0 Å². The minimum absolute atomic E-state index is 0.761. The lowest BCUT2D eigenvalue weighted by molar-refractivity contribution is 0.415. The highest BCUT2D eigenvalue weighted by Gasteiger charge is 2.07. The molecule has 1 N–H and O–H groups in total. The first-order valence-corrected chi connectivity index (χ1v) is 8.03. The van der Waals surface area contributed by atoms with Gasteiger partial charge in [0.05, 0.1) is 18.3 Å². The van der Waals surface area contributed by atoms with Crippen molar-refractivity contribution in [3.63, 3.8) is 0 Å². The molecule has 0 fully saturated rings. The third-order valence-electron chi connectivity index (χ3n) is 3.65. The molecule has 2 rings (SSSR count). The van der Waals surface area contributed by atoms with Crippen molar-refractivity contribution >= 4 is 28.2 Å². The molecule has 0 bridgehead atoms. The van der Waals surface area contributed by atoms with Crippen molar-refractivity contribution in [3.8, 4) is 5.75 Å². The number of aromatic nitrogens is 1. The number of fused-ring (bicyclic) bond motifs is 1. The average molecular weight is 307 g/mol. The van der Waals surface area contributed by atoms with Gasteiger partial charge in [0.15, 0.2) is 0 Å². The second-order valence-electron chi connectivity index (χ2n) is 5.23. The lowest BCUT2D eigenvalue weighted by Crippen LogP contribution is -2.03.